The van der Waals surface area contributed by atoms with Gasteiger partial charge in [0.2, 0.25) is 17.6 Å². The highest BCUT2D eigenvalue weighted by Crippen LogP contribution is 2.24. The molecule has 2 aromatic heterocycles. The van der Waals surface area contributed by atoms with Gasteiger partial charge in [-0.15, -0.1) is 10.2 Å². The van der Waals surface area contributed by atoms with E-state index in [1.165, 1.54) is 10.8 Å². The van der Waals surface area contributed by atoms with E-state index in [-0.39, 0.29) is 18.2 Å². The molecule has 134 valence electrons. The highest BCUT2D eigenvalue weighted by Gasteiger charge is 2.18. The fraction of sp³-hybridized carbons (Fsp3) is 0.125. The summed E-state index contributed by atoms with van der Waals surface area (Å²) in [6.07, 6.45) is 1.50. The van der Waals surface area contributed by atoms with Crippen molar-refractivity contribution in [3.8, 4) is 11.6 Å². The van der Waals surface area contributed by atoms with Crippen LogP contribution in [0, 0.1) is 0 Å². The molecule has 0 fully saturated rings. The molecule has 0 radical (unpaired) electrons. The lowest BCUT2D eigenvalue weighted by atomic mass is 10.3. The minimum absolute atomic E-state index is 0.0988. The van der Waals surface area contributed by atoms with Crippen molar-refractivity contribution in [3.63, 3.8) is 0 Å². The van der Waals surface area contributed by atoms with Crippen LogP contribution in [0.25, 0.3) is 11.6 Å². The Kier molecular flexibility index (Phi) is 5.74. The summed E-state index contributed by atoms with van der Waals surface area (Å²) in [5.41, 5.74) is 5.99. The van der Waals surface area contributed by atoms with Crippen LogP contribution in [-0.4, -0.2) is 32.3 Å². The highest BCUT2D eigenvalue weighted by molar-refractivity contribution is 9.10. The Morgan fingerprint density at radius 3 is 2.81 bits per heavy atom. The van der Waals surface area contributed by atoms with E-state index >= 15 is 0 Å². The second-order valence-electron chi connectivity index (χ2n) is 5.18. The van der Waals surface area contributed by atoms with Crippen molar-refractivity contribution < 1.29 is 14.0 Å². The van der Waals surface area contributed by atoms with Gasteiger partial charge in [0.25, 0.3) is 0 Å². The number of primary amides is 1. The van der Waals surface area contributed by atoms with Crippen LogP contribution >= 0.6 is 27.7 Å². The van der Waals surface area contributed by atoms with Crippen LogP contribution in [-0.2, 0) is 16.1 Å². The fourth-order valence-electron chi connectivity index (χ4n) is 2.18. The Morgan fingerprint density at radius 1 is 1.27 bits per heavy atom. The first kappa shape index (κ1) is 18.2. The number of hydrogen-bond acceptors (Lipinski definition) is 6. The van der Waals surface area contributed by atoms with Gasteiger partial charge in [0, 0.05) is 10.2 Å². The smallest absolute Gasteiger partial charge is 0.237 e. The molecule has 0 unspecified atom stereocenters. The molecule has 3 aromatic rings. The molecule has 2 heterocycles. The van der Waals surface area contributed by atoms with Crippen LogP contribution in [0.1, 0.15) is 0 Å². The number of nitrogens with one attached hydrogen (secondary N) is 1. The Hall–Kier alpha value is -2.59. The van der Waals surface area contributed by atoms with Crippen molar-refractivity contribution in [1.29, 1.82) is 0 Å². The Balaban J connectivity index is 1.71. The number of carbonyl (C=O) groups excluding carboxylic acids is 2. The predicted octanol–water partition coefficient (Wildman–Crippen LogP) is 2.52. The summed E-state index contributed by atoms with van der Waals surface area (Å²) in [7, 11) is 0. The van der Waals surface area contributed by atoms with Gasteiger partial charge in [0.05, 0.1) is 12.0 Å². The first-order chi connectivity index (χ1) is 12.5. The molecule has 0 aliphatic rings. The largest absolute Gasteiger partial charge is 0.461 e. The number of hydrogen-bond donors (Lipinski definition) is 2. The molecule has 0 aliphatic heterocycles. The number of amides is 2. The lowest BCUT2D eigenvalue weighted by Gasteiger charge is -2.07. The van der Waals surface area contributed by atoms with Crippen molar-refractivity contribution in [2.45, 2.75) is 11.7 Å². The maximum Gasteiger partial charge on any atom is 0.237 e. The van der Waals surface area contributed by atoms with E-state index in [2.05, 4.69) is 31.4 Å². The second-order valence-corrected chi connectivity index (χ2v) is 7.04. The van der Waals surface area contributed by atoms with Crippen LogP contribution in [0.5, 0.6) is 0 Å². The summed E-state index contributed by atoms with van der Waals surface area (Å²) >= 11 is 4.51. The normalized spacial score (nSPS) is 10.7. The van der Waals surface area contributed by atoms with Crippen LogP contribution in [0.2, 0.25) is 0 Å². The first-order valence-electron chi connectivity index (χ1n) is 7.46. The predicted molar refractivity (Wildman–Crippen MR) is 100 cm³/mol. The van der Waals surface area contributed by atoms with Gasteiger partial charge in [-0.1, -0.05) is 33.8 Å². The molecule has 0 atom stereocenters. The molecule has 10 heteroatoms. The zero-order valence-electron chi connectivity index (χ0n) is 13.4. The summed E-state index contributed by atoms with van der Waals surface area (Å²) in [5.74, 6) is 0.189. The quantitative estimate of drug-likeness (QED) is 0.550. The van der Waals surface area contributed by atoms with E-state index in [9.17, 15) is 9.59 Å². The molecule has 2 amide bonds. The number of nitrogens with zero attached hydrogens (tertiary/aromatic N) is 3. The Labute approximate surface area is 161 Å². The van der Waals surface area contributed by atoms with Crippen LogP contribution < -0.4 is 11.1 Å². The van der Waals surface area contributed by atoms with E-state index in [4.69, 9.17) is 10.2 Å². The van der Waals surface area contributed by atoms with Crippen molar-refractivity contribution in [1.82, 2.24) is 14.8 Å². The maximum atomic E-state index is 12.2. The number of furan rings is 1. The van der Waals surface area contributed by atoms with Gasteiger partial charge in [0.15, 0.2) is 10.9 Å². The lowest BCUT2D eigenvalue weighted by Crippen LogP contribution is -2.20. The van der Waals surface area contributed by atoms with E-state index in [0.717, 1.165) is 16.2 Å². The van der Waals surface area contributed by atoms with Gasteiger partial charge in [-0.2, -0.15) is 0 Å². The number of aromatic nitrogens is 3. The number of anilines is 1. The van der Waals surface area contributed by atoms with Crippen LogP contribution in [0.4, 0.5) is 5.69 Å². The zero-order chi connectivity index (χ0) is 18.5. The third kappa shape index (κ3) is 4.52. The summed E-state index contributed by atoms with van der Waals surface area (Å²) in [5, 5.41) is 11.3. The molecule has 3 rings (SSSR count). The number of benzene rings is 1. The van der Waals surface area contributed by atoms with Gasteiger partial charge >= 0.3 is 0 Å². The van der Waals surface area contributed by atoms with E-state index in [1.54, 1.807) is 24.3 Å². The molecule has 0 saturated carbocycles. The average Bonchev–Trinajstić information content (AvgIpc) is 3.22. The standard InChI is InChI=1S/C16H14BrN5O3S/c17-10-3-1-4-11(7-10)19-14(24)9-26-16-21-20-15(12-5-2-6-25-12)22(16)8-13(18)23/h1-7H,8-9H2,(H2,18,23)(H,19,24). The van der Waals surface area contributed by atoms with Crippen LogP contribution in [0.3, 0.4) is 0 Å². The molecule has 0 bridgehead atoms. The van der Waals surface area contributed by atoms with Crippen molar-refractivity contribution >= 4 is 45.2 Å². The molecule has 0 saturated heterocycles. The SMILES string of the molecule is NC(=O)Cn1c(SCC(=O)Nc2cccc(Br)c2)nnc1-c1ccco1. The highest BCUT2D eigenvalue weighted by atomic mass is 79.9. The van der Waals surface area contributed by atoms with Crippen molar-refractivity contribution in [2.24, 2.45) is 5.73 Å². The topological polar surface area (TPSA) is 116 Å². The third-order valence-corrected chi connectivity index (χ3v) is 4.67. The minimum Gasteiger partial charge on any atom is -0.461 e. The molecule has 1 aromatic carbocycles. The summed E-state index contributed by atoms with van der Waals surface area (Å²) in [6.45, 7) is -0.112. The number of nitrogens with two attached hydrogens (primary N) is 1. The summed E-state index contributed by atoms with van der Waals surface area (Å²) in [6, 6.07) is 10.7. The van der Waals surface area contributed by atoms with Gasteiger partial charge in [-0.25, -0.2) is 0 Å². The molecule has 0 aliphatic carbocycles. The van der Waals surface area contributed by atoms with Crippen molar-refractivity contribution in [2.75, 3.05) is 11.1 Å². The molecule has 0 spiro atoms. The molecule has 3 N–H and O–H groups in total. The molecular formula is C16H14BrN5O3S. The van der Waals surface area contributed by atoms with Gasteiger partial charge in [0.1, 0.15) is 6.54 Å². The average molecular weight is 436 g/mol. The monoisotopic (exact) mass is 435 g/mol. The van der Waals surface area contributed by atoms with E-state index < -0.39 is 5.91 Å². The number of halogens is 1. The maximum absolute atomic E-state index is 12.2. The Bertz CT molecular complexity index is 926. The van der Waals surface area contributed by atoms with Gasteiger partial charge < -0.3 is 15.5 Å². The lowest BCUT2D eigenvalue weighted by molar-refractivity contribution is -0.118. The third-order valence-electron chi connectivity index (χ3n) is 3.21. The van der Waals surface area contributed by atoms with Crippen LogP contribution in [0.15, 0.2) is 56.7 Å². The molecule has 26 heavy (non-hydrogen) atoms. The van der Waals surface area contributed by atoms with Gasteiger partial charge in [-0.05, 0) is 30.3 Å². The minimum atomic E-state index is -0.543. The molecule has 8 nitrogen and oxygen atoms in total. The van der Waals surface area contributed by atoms with E-state index in [1.807, 2.05) is 12.1 Å². The molecular weight excluding hydrogens is 422 g/mol. The summed E-state index contributed by atoms with van der Waals surface area (Å²) in [4.78, 5) is 23.5. The first-order valence-corrected chi connectivity index (χ1v) is 9.24. The van der Waals surface area contributed by atoms with Crippen molar-refractivity contribution in [3.05, 3.63) is 47.1 Å². The summed E-state index contributed by atoms with van der Waals surface area (Å²) < 4.78 is 7.70. The Morgan fingerprint density at radius 2 is 2.12 bits per heavy atom. The van der Waals surface area contributed by atoms with Gasteiger partial charge in [-0.3, -0.25) is 14.2 Å². The zero-order valence-corrected chi connectivity index (χ0v) is 15.8. The fourth-order valence-corrected chi connectivity index (χ4v) is 3.31. The van der Waals surface area contributed by atoms with E-state index in [0.29, 0.717) is 22.4 Å². The second kappa shape index (κ2) is 8.19. The number of thioether (sulfide) groups is 1. The number of carbonyl (C=O) groups is 2. The number of rotatable bonds is 7.